The zero-order chi connectivity index (χ0) is 20.8. The van der Waals surface area contributed by atoms with E-state index in [1.54, 1.807) is 12.1 Å². The SMILES string of the molecule is C[C@H](c1nc(N)c2[nH]cnc2n1)c1cc2ccc(F)cc2nc1-c1ccccc1Cl. The van der Waals surface area contributed by atoms with Gasteiger partial charge in [-0.3, -0.25) is 0 Å². The molecular weight excluding hydrogens is 403 g/mol. The maximum Gasteiger partial charge on any atom is 0.183 e. The Morgan fingerprint density at radius 3 is 2.73 bits per heavy atom. The first-order valence-corrected chi connectivity index (χ1v) is 9.70. The Kier molecular flexibility index (Phi) is 4.33. The second-order valence-electron chi connectivity index (χ2n) is 7.03. The monoisotopic (exact) mass is 418 g/mol. The van der Waals surface area contributed by atoms with Crippen molar-refractivity contribution in [2.45, 2.75) is 12.8 Å². The first-order valence-electron chi connectivity index (χ1n) is 9.33. The number of hydrogen-bond acceptors (Lipinski definition) is 5. The molecule has 0 unspecified atom stereocenters. The highest BCUT2D eigenvalue weighted by atomic mass is 35.5. The highest BCUT2D eigenvalue weighted by Gasteiger charge is 2.22. The molecule has 0 radical (unpaired) electrons. The predicted octanol–water partition coefficient (Wildman–Crippen LogP) is 5.09. The molecule has 0 aliphatic heterocycles. The molecule has 2 aromatic carbocycles. The molecule has 30 heavy (non-hydrogen) atoms. The molecule has 148 valence electrons. The van der Waals surface area contributed by atoms with E-state index < -0.39 is 0 Å². The van der Waals surface area contributed by atoms with Gasteiger partial charge in [-0.2, -0.15) is 0 Å². The number of halogens is 2. The summed E-state index contributed by atoms with van der Waals surface area (Å²) in [6.45, 7) is 1.97. The molecule has 3 aromatic heterocycles. The van der Waals surface area contributed by atoms with Crippen LogP contribution in [0.5, 0.6) is 0 Å². The number of imidazole rings is 1. The topological polar surface area (TPSA) is 93.4 Å². The van der Waals surface area contributed by atoms with E-state index in [1.807, 2.05) is 31.2 Å². The van der Waals surface area contributed by atoms with Gasteiger partial charge in [0.2, 0.25) is 0 Å². The minimum Gasteiger partial charge on any atom is -0.382 e. The molecule has 1 atom stereocenters. The highest BCUT2D eigenvalue weighted by Crippen LogP contribution is 2.36. The average Bonchev–Trinajstić information content (AvgIpc) is 3.22. The van der Waals surface area contributed by atoms with E-state index in [9.17, 15) is 4.39 Å². The largest absolute Gasteiger partial charge is 0.382 e. The van der Waals surface area contributed by atoms with Gasteiger partial charge in [0.05, 0.1) is 17.5 Å². The number of hydrogen-bond donors (Lipinski definition) is 2. The zero-order valence-corrected chi connectivity index (χ0v) is 16.7. The summed E-state index contributed by atoms with van der Waals surface area (Å²) in [4.78, 5) is 20.9. The first-order chi connectivity index (χ1) is 14.5. The summed E-state index contributed by atoms with van der Waals surface area (Å²) in [5.74, 6) is 0.237. The van der Waals surface area contributed by atoms with Crippen LogP contribution in [0.1, 0.15) is 24.2 Å². The van der Waals surface area contributed by atoms with Crippen molar-refractivity contribution in [1.29, 1.82) is 0 Å². The number of pyridine rings is 1. The molecule has 0 saturated carbocycles. The van der Waals surface area contributed by atoms with E-state index in [1.165, 1.54) is 18.5 Å². The molecule has 5 aromatic rings. The number of benzene rings is 2. The van der Waals surface area contributed by atoms with Gasteiger partial charge in [0.1, 0.15) is 17.2 Å². The Morgan fingerprint density at radius 2 is 1.90 bits per heavy atom. The van der Waals surface area contributed by atoms with Gasteiger partial charge in [-0.1, -0.05) is 36.7 Å². The Bertz CT molecular complexity index is 1410. The third kappa shape index (κ3) is 3.04. The number of nitrogens with two attached hydrogens (primary N) is 1. The van der Waals surface area contributed by atoms with Crippen LogP contribution in [0, 0.1) is 5.82 Å². The molecule has 3 heterocycles. The number of anilines is 1. The fourth-order valence-corrected chi connectivity index (χ4v) is 3.79. The molecular formula is C22H16ClFN6. The summed E-state index contributed by atoms with van der Waals surface area (Å²) in [5.41, 5.74) is 10.0. The van der Waals surface area contributed by atoms with Gasteiger partial charge < -0.3 is 10.7 Å². The molecule has 5 rings (SSSR count). The Hall–Kier alpha value is -3.58. The molecule has 0 saturated heterocycles. The van der Waals surface area contributed by atoms with E-state index >= 15 is 0 Å². The quantitative estimate of drug-likeness (QED) is 0.425. The van der Waals surface area contributed by atoms with Gasteiger partial charge in [-0.05, 0) is 29.8 Å². The van der Waals surface area contributed by atoms with Crippen LogP contribution in [0.15, 0.2) is 54.9 Å². The van der Waals surface area contributed by atoms with E-state index in [0.717, 1.165) is 16.5 Å². The van der Waals surface area contributed by atoms with Crippen molar-refractivity contribution in [3.05, 3.63) is 77.1 Å². The summed E-state index contributed by atoms with van der Waals surface area (Å²) >= 11 is 6.47. The lowest BCUT2D eigenvalue weighted by atomic mass is 9.93. The van der Waals surface area contributed by atoms with Crippen LogP contribution < -0.4 is 5.73 Å². The minimum atomic E-state index is -0.346. The number of fused-ring (bicyclic) bond motifs is 2. The van der Waals surface area contributed by atoms with Crippen LogP contribution in [-0.2, 0) is 0 Å². The molecule has 0 bridgehead atoms. The van der Waals surface area contributed by atoms with Crippen molar-refractivity contribution in [1.82, 2.24) is 24.9 Å². The van der Waals surface area contributed by atoms with Crippen LogP contribution in [0.4, 0.5) is 10.2 Å². The second-order valence-corrected chi connectivity index (χ2v) is 7.44. The lowest BCUT2D eigenvalue weighted by Crippen LogP contribution is -2.08. The number of H-pyrrole nitrogens is 1. The number of nitrogen functional groups attached to an aromatic ring is 1. The molecule has 0 spiro atoms. The summed E-state index contributed by atoms with van der Waals surface area (Å²) in [5, 5.41) is 1.36. The van der Waals surface area contributed by atoms with Crippen molar-refractivity contribution < 1.29 is 4.39 Å². The van der Waals surface area contributed by atoms with Gasteiger partial charge in [0, 0.05) is 28.0 Å². The molecule has 0 aliphatic rings. The fourth-order valence-electron chi connectivity index (χ4n) is 3.56. The Balaban J connectivity index is 1.76. The number of nitrogens with one attached hydrogen (secondary N) is 1. The Labute approximate surface area is 176 Å². The van der Waals surface area contributed by atoms with E-state index in [4.69, 9.17) is 22.3 Å². The standard InChI is InChI=1S/C22H16ClFN6/c1-11(21-29-20(25)19-22(30-21)27-10-26-19)15-8-12-6-7-13(24)9-17(12)28-18(15)14-4-2-3-5-16(14)23/h2-11H,1H3,(H3,25,26,27,29,30)/t11-/m0/s1. The summed E-state index contributed by atoms with van der Waals surface area (Å²) < 4.78 is 13.8. The third-order valence-corrected chi connectivity index (χ3v) is 5.45. The van der Waals surface area contributed by atoms with Crippen molar-refractivity contribution in [2.24, 2.45) is 0 Å². The third-order valence-electron chi connectivity index (χ3n) is 5.12. The maximum absolute atomic E-state index is 13.8. The van der Waals surface area contributed by atoms with Crippen LogP contribution in [0.3, 0.4) is 0 Å². The number of aromatic nitrogens is 5. The molecule has 0 fully saturated rings. The molecule has 3 N–H and O–H groups in total. The molecule has 6 nitrogen and oxygen atoms in total. The predicted molar refractivity (Wildman–Crippen MR) is 116 cm³/mol. The normalized spacial score (nSPS) is 12.5. The van der Waals surface area contributed by atoms with Crippen molar-refractivity contribution in [3.8, 4) is 11.3 Å². The smallest absolute Gasteiger partial charge is 0.183 e. The van der Waals surface area contributed by atoms with Gasteiger partial charge in [0.15, 0.2) is 11.5 Å². The van der Waals surface area contributed by atoms with Crippen molar-refractivity contribution in [3.63, 3.8) is 0 Å². The van der Waals surface area contributed by atoms with E-state index in [-0.39, 0.29) is 11.7 Å². The van der Waals surface area contributed by atoms with Crippen molar-refractivity contribution >= 4 is 39.5 Å². The first kappa shape index (κ1) is 18.4. The van der Waals surface area contributed by atoms with Crippen LogP contribution in [0.2, 0.25) is 5.02 Å². The molecule has 8 heteroatoms. The van der Waals surface area contributed by atoms with E-state index in [0.29, 0.717) is 39.0 Å². The lowest BCUT2D eigenvalue weighted by Gasteiger charge is -2.17. The van der Waals surface area contributed by atoms with Crippen molar-refractivity contribution in [2.75, 3.05) is 5.73 Å². The van der Waals surface area contributed by atoms with Gasteiger partial charge in [-0.25, -0.2) is 24.3 Å². The lowest BCUT2D eigenvalue weighted by molar-refractivity contribution is 0.629. The highest BCUT2D eigenvalue weighted by molar-refractivity contribution is 6.33. The second kappa shape index (κ2) is 7.03. The number of rotatable bonds is 3. The number of aromatic amines is 1. The number of nitrogens with zero attached hydrogens (tertiary/aromatic N) is 4. The molecule has 0 aliphatic carbocycles. The van der Waals surface area contributed by atoms with Gasteiger partial charge >= 0.3 is 0 Å². The van der Waals surface area contributed by atoms with Crippen LogP contribution in [-0.4, -0.2) is 24.9 Å². The summed E-state index contributed by atoms with van der Waals surface area (Å²) in [6, 6.07) is 13.9. The minimum absolute atomic E-state index is 0.262. The van der Waals surface area contributed by atoms with E-state index in [2.05, 4.69) is 19.9 Å². The van der Waals surface area contributed by atoms with Crippen LogP contribution in [0.25, 0.3) is 33.3 Å². The summed E-state index contributed by atoms with van der Waals surface area (Å²) in [6.07, 6.45) is 1.53. The Morgan fingerprint density at radius 1 is 1.07 bits per heavy atom. The zero-order valence-electron chi connectivity index (χ0n) is 15.9. The van der Waals surface area contributed by atoms with Crippen LogP contribution >= 0.6 is 11.6 Å². The summed E-state index contributed by atoms with van der Waals surface area (Å²) in [7, 11) is 0. The van der Waals surface area contributed by atoms with Gasteiger partial charge in [0.25, 0.3) is 0 Å². The van der Waals surface area contributed by atoms with Gasteiger partial charge in [-0.15, -0.1) is 0 Å². The fraction of sp³-hybridized carbons (Fsp3) is 0.0909. The average molecular weight is 419 g/mol. The maximum atomic E-state index is 13.8. The molecule has 0 amide bonds.